The molecule has 8 nitrogen and oxygen atoms in total. The van der Waals surface area contributed by atoms with Gasteiger partial charge < -0.3 is 10.1 Å². The van der Waals surface area contributed by atoms with Gasteiger partial charge in [-0.3, -0.25) is 4.79 Å². The Labute approximate surface area is 189 Å². The number of methoxy groups -OCH3 is 1. The number of rotatable bonds is 7. The zero-order valence-electron chi connectivity index (χ0n) is 18.2. The number of ether oxygens (including phenoxy) is 1. The molecule has 3 N–H and O–H groups in total. The van der Waals surface area contributed by atoms with E-state index in [2.05, 4.69) is 16.2 Å². The molecule has 0 saturated carbocycles. The van der Waals surface area contributed by atoms with E-state index in [1.807, 2.05) is 36.4 Å². The highest BCUT2D eigenvalue weighted by Gasteiger charge is 2.33. The molecule has 2 unspecified atom stereocenters. The van der Waals surface area contributed by atoms with E-state index in [0.717, 1.165) is 30.4 Å². The van der Waals surface area contributed by atoms with Crippen LogP contribution in [0.1, 0.15) is 42.9 Å². The van der Waals surface area contributed by atoms with Gasteiger partial charge in [0.1, 0.15) is 16.7 Å². The summed E-state index contributed by atoms with van der Waals surface area (Å²) in [6.45, 7) is 1.52. The maximum absolute atomic E-state index is 13.3. The predicted octanol–water partition coefficient (Wildman–Crippen LogP) is 2.09. The number of nitrogens with one attached hydrogen (secondary N) is 3. The van der Waals surface area contributed by atoms with Gasteiger partial charge in [-0.05, 0) is 42.5 Å². The fourth-order valence-electron chi connectivity index (χ4n) is 4.21. The second-order valence-corrected chi connectivity index (χ2v) is 10.1. The third-order valence-corrected chi connectivity index (χ3v) is 7.97. The molecule has 9 heteroatoms. The zero-order chi connectivity index (χ0) is 22.6. The largest absolute Gasteiger partial charge is 0.495 e. The SMILES string of the molecule is COc1ccc(C2CC(C(=O)NCc3ccccc3)NN2)cc1S(=O)(=O)N1CCCCC1. The molecule has 2 aromatic rings. The lowest BCUT2D eigenvalue weighted by molar-refractivity contribution is -0.123. The third-order valence-electron chi connectivity index (χ3n) is 6.05. The van der Waals surface area contributed by atoms with Gasteiger partial charge in [-0.1, -0.05) is 42.8 Å². The Morgan fingerprint density at radius 2 is 1.84 bits per heavy atom. The van der Waals surface area contributed by atoms with Crippen molar-refractivity contribution in [2.45, 2.75) is 49.2 Å². The van der Waals surface area contributed by atoms with E-state index in [4.69, 9.17) is 4.74 Å². The second-order valence-electron chi connectivity index (χ2n) is 8.21. The van der Waals surface area contributed by atoms with Crippen LogP contribution >= 0.6 is 0 Å². The van der Waals surface area contributed by atoms with Crippen molar-refractivity contribution in [2.24, 2.45) is 0 Å². The molecule has 2 fully saturated rings. The number of carbonyl (C=O) groups excluding carboxylic acids is 1. The lowest BCUT2D eigenvalue weighted by atomic mass is 10.0. The minimum absolute atomic E-state index is 0.0986. The Morgan fingerprint density at radius 1 is 1.09 bits per heavy atom. The first-order valence-corrected chi connectivity index (χ1v) is 12.4. The molecule has 172 valence electrons. The van der Waals surface area contributed by atoms with Gasteiger partial charge >= 0.3 is 0 Å². The summed E-state index contributed by atoms with van der Waals surface area (Å²) in [7, 11) is -2.17. The molecular weight excluding hydrogens is 428 g/mol. The summed E-state index contributed by atoms with van der Waals surface area (Å²) in [6.07, 6.45) is 3.30. The predicted molar refractivity (Wildman–Crippen MR) is 121 cm³/mol. The summed E-state index contributed by atoms with van der Waals surface area (Å²) in [5.74, 6) is 0.237. The van der Waals surface area contributed by atoms with E-state index in [1.54, 1.807) is 12.1 Å². The fourth-order valence-corrected chi connectivity index (χ4v) is 5.92. The summed E-state index contributed by atoms with van der Waals surface area (Å²) < 4.78 is 33.5. The van der Waals surface area contributed by atoms with Crippen LogP contribution in [-0.2, 0) is 21.4 Å². The Bertz CT molecular complexity index is 1040. The monoisotopic (exact) mass is 458 g/mol. The van der Waals surface area contributed by atoms with E-state index in [9.17, 15) is 13.2 Å². The Hall–Kier alpha value is -2.46. The first-order valence-electron chi connectivity index (χ1n) is 11.0. The van der Waals surface area contributed by atoms with Gasteiger partial charge in [0.25, 0.3) is 0 Å². The van der Waals surface area contributed by atoms with Crippen molar-refractivity contribution in [3.05, 3.63) is 59.7 Å². The van der Waals surface area contributed by atoms with Gasteiger partial charge in [-0.2, -0.15) is 4.31 Å². The molecule has 1 amide bonds. The van der Waals surface area contributed by atoms with Crippen LogP contribution in [0.15, 0.2) is 53.4 Å². The van der Waals surface area contributed by atoms with Crippen molar-refractivity contribution >= 4 is 15.9 Å². The summed E-state index contributed by atoms with van der Waals surface area (Å²) in [5.41, 5.74) is 8.01. The number of hydrogen-bond acceptors (Lipinski definition) is 6. The molecule has 2 heterocycles. The summed E-state index contributed by atoms with van der Waals surface area (Å²) in [6, 6.07) is 14.3. The smallest absolute Gasteiger partial charge is 0.246 e. The first-order chi connectivity index (χ1) is 15.5. The average molecular weight is 459 g/mol. The lowest BCUT2D eigenvalue weighted by Gasteiger charge is -2.27. The summed E-state index contributed by atoms with van der Waals surface area (Å²) in [4.78, 5) is 12.8. The van der Waals surface area contributed by atoms with Crippen molar-refractivity contribution in [2.75, 3.05) is 20.2 Å². The quantitative estimate of drug-likeness (QED) is 0.588. The highest BCUT2D eigenvalue weighted by Crippen LogP contribution is 2.33. The molecule has 2 atom stereocenters. The van der Waals surface area contributed by atoms with Crippen molar-refractivity contribution in [1.29, 1.82) is 0 Å². The van der Waals surface area contributed by atoms with E-state index < -0.39 is 16.1 Å². The molecule has 2 saturated heterocycles. The van der Waals surface area contributed by atoms with Gasteiger partial charge in [0.2, 0.25) is 15.9 Å². The summed E-state index contributed by atoms with van der Waals surface area (Å²) in [5, 5.41) is 2.95. The van der Waals surface area contributed by atoms with Crippen molar-refractivity contribution < 1.29 is 17.9 Å². The first kappa shape index (κ1) is 22.7. The minimum atomic E-state index is -3.65. The van der Waals surface area contributed by atoms with Gasteiger partial charge in [0, 0.05) is 25.7 Å². The maximum Gasteiger partial charge on any atom is 0.246 e. The number of piperidine rings is 1. The molecule has 2 aliphatic heterocycles. The van der Waals surface area contributed by atoms with Crippen molar-refractivity contribution in [3.63, 3.8) is 0 Å². The van der Waals surface area contributed by atoms with Crippen LogP contribution in [0.25, 0.3) is 0 Å². The highest BCUT2D eigenvalue weighted by atomic mass is 32.2. The third kappa shape index (κ3) is 4.96. The molecule has 4 rings (SSSR count). The zero-order valence-corrected chi connectivity index (χ0v) is 19.0. The molecule has 0 aromatic heterocycles. The average Bonchev–Trinajstić information content (AvgIpc) is 3.34. The maximum atomic E-state index is 13.3. The van der Waals surface area contributed by atoms with Crippen LogP contribution in [-0.4, -0.2) is 44.9 Å². The number of carbonyl (C=O) groups is 1. The summed E-state index contributed by atoms with van der Waals surface area (Å²) >= 11 is 0. The number of benzene rings is 2. The number of nitrogens with zero attached hydrogens (tertiary/aromatic N) is 1. The van der Waals surface area contributed by atoms with Crippen LogP contribution in [0.4, 0.5) is 0 Å². The van der Waals surface area contributed by atoms with Gasteiger partial charge in [-0.25, -0.2) is 19.3 Å². The minimum Gasteiger partial charge on any atom is -0.495 e. The molecule has 2 aliphatic rings. The highest BCUT2D eigenvalue weighted by molar-refractivity contribution is 7.89. The molecule has 0 bridgehead atoms. The number of hydrogen-bond donors (Lipinski definition) is 3. The van der Waals surface area contributed by atoms with Crippen LogP contribution in [0.2, 0.25) is 0 Å². The van der Waals surface area contributed by atoms with E-state index in [1.165, 1.54) is 11.4 Å². The topological polar surface area (TPSA) is 99.8 Å². The number of sulfonamides is 1. The van der Waals surface area contributed by atoms with Crippen LogP contribution < -0.4 is 20.9 Å². The molecule has 0 spiro atoms. The second kappa shape index (κ2) is 9.99. The lowest BCUT2D eigenvalue weighted by Crippen LogP contribution is -2.42. The van der Waals surface area contributed by atoms with E-state index >= 15 is 0 Å². The van der Waals surface area contributed by atoms with E-state index in [0.29, 0.717) is 31.8 Å². The fraction of sp³-hybridized carbons (Fsp3) is 0.435. The number of hydrazine groups is 1. The van der Waals surface area contributed by atoms with Gasteiger partial charge in [0.05, 0.1) is 7.11 Å². The molecule has 0 radical (unpaired) electrons. The van der Waals surface area contributed by atoms with Crippen LogP contribution in [0.3, 0.4) is 0 Å². The molecule has 0 aliphatic carbocycles. The van der Waals surface area contributed by atoms with Crippen LogP contribution in [0, 0.1) is 0 Å². The van der Waals surface area contributed by atoms with Gasteiger partial charge in [0.15, 0.2) is 0 Å². The Kier molecular flexibility index (Phi) is 7.10. The van der Waals surface area contributed by atoms with Crippen LogP contribution in [0.5, 0.6) is 5.75 Å². The Morgan fingerprint density at radius 3 is 2.56 bits per heavy atom. The number of amides is 1. The van der Waals surface area contributed by atoms with Crippen molar-refractivity contribution in [1.82, 2.24) is 20.5 Å². The van der Waals surface area contributed by atoms with E-state index in [-0.39, 0.29) is 16.8 Å². The Balaban J connectivity index is 1.46. The normalized spacial score (nSPS) is 21.9. The standard InChI is InChI=1S/C23H30N4O4S/c1-31-21-11-10-18(14-22(21)32(29,30)27-12-6-3-7-13-27)19-15-20(26-25-19)23(28)24-16-17-8-4-2-5-9-17/h2,4-5,8-11,14,19-20,25-26H,3,6-7,12-13,15-16H2,1H3,(H,24,28). The molecule has 32 heavy (non-hydrogen) atoms. The molecular formula is C23H30N4O4S. The van der Waals surface area contributed by atoms with Crippen molar-refractivity contribution in [3.8, 4) is 5.75 Å². The van der Waals surface area contributed by atoms with Gasteiger partial charge in [-0.15, -0.1) is 0 Å². The molecule has 2 aromatic carbocycles.